The van der Waals surface area contributed by atoms with Crippen LogP contribution >= 0.6 is 11.6 Å². The van der Waals surface area contributed by atoms with E-state index in [0.29, 0.717) is 36.7 Å². The first kappa shape index (κ1) is 23.8. The predicted octanol–water partition coefficient (Wildman–Crippen LogP) is 4.33. The zero-order valence-electron chi connectivity index (χ0n) is 17.7. The summed E-state index contributed by atoms with van der Waals surface area (Å²) < 4.78 is 35.5. The van der Waals surface area contributed by atoms with Crippen molar-refractivity contribution in [2.24, 2.45) is 5.92 Å². The molecule has 3 rings (SSSR count). The van der Waals surface area contributed by atoms with Gasteiger partial charge in [0.15, 0.2) is 0 Å². The molecule has 0 bridgehead atoms. The van der Waals surface area contributed by atoms with Crippen molar-refractivity contribution in [1.82, 2.24) is 9.80 Å². The number of amides is 2. The Kier molecular flexibility index (Phi) is 8.27. The number of carbonyl (C=O) groups is 2. The molecule has 2 aromatic rings. The zero-order chi connectivity index (χ0) is 23.1. The SMILES string of the molecule is CN(CCOc1ccccc1Cl)C(=O)C1CCCN(C(=O)c2ccccc2OC(F)F)C1. The fraction of sp³-hybridized carbons (Fsp3) is 0.391. The Morgan fingerprint density at radius 1 is 1.16 bits per heavy atom. The third kappa shape index (κ3) is 6.09. The summed E-state index contributed by atoms with van der Waals surface area (Å²) in [7, 11) is 1.69. The number of nitrogens with zero attached hydrogens (tertiary/aromatic N) is 2. The molecule has 6 nitrogen and oxygen atoms in total. The maximum Gasteiger partial charge on any atom is 0.387 e. The molecule has 0 spiro atoms. The van der Waals surface area contributed by atoms with Crippen molar-refractivity contribution in [3.05, 3.63) is 59.1 Å². The maximum atomic E-state index is 12.9. The van der Waals surface area contributed by atoms with E-state index in [1.807, 2.05) is 6.07 Å². The number of alkyl halides is 2. The van der Waals surface area contributed by atoms with E-state index in [-0.39, 0.29) is 36.3 Å². The van der Waals surface area contributed by atoms with E-state index in [4.69, 9.17) is 16.3 Å². The van der Waals surface area contributed by atoms with Crippen molar-refractivity contribution >= 4 is 23.4 Å². The van der Waals surface area contributed by atoms with Crippen LogP contribution in [-0.2, 0) is 4.79 Å². The van der Waals surface area contributed by atoms with E-state index in [1.165, 1.54) is 23.1 Å². The minimum absolute atomic E-state index is 0.0578. The van der Waals surface area contributed by atoms with Gasteiger partial charge in [0.05, 0.1) is 23.0 Å². The maximum absolute atomic E-state index is 12.9. The smallest absolute Gasteiger partial charge is 0.387 e. The van der Waals surface area contributed by atoms with Crippen LogP contribution < -0.4 is 9.47 Å². The largest absolute Gasteiger partial charge is 0.490 e. The summed E-state index contributed by atoms with van der Waals surface area (Å²) >= 11 is 6.07. The van der Waals surface area contributed by atoms with Gasteiger partial charge in [0.25, 0.3) is 5.91 Å². The first-order valence-corrected chi connectivity index (χ1v) is 10.7. The number of carbonyl (C=O) groups excluding carboxylic acids is 2. The lowest BCUT2D eigenvalue weighted by atomic mass is 9.96. The van der Waals surface area contributed by atoms with Gasteiger partial charge in [-0.15, -0.1) is 0 Å². The fourth-order valence-electron chi connectivity index (χ4n) is 3.65. The second-order valence-electron chi connectivity index (χ2n) is 7.50. The number of piperidine rings is 1. The molecule has 1 saturated heterocycles. The molecular weight excluding hydrogens is 442 g/mol. The van der Waals surface area contributed by atoms with Crippen LogP contribution in [0.15, 0.2) is 48.5 Å². The van der Waals surface area contributed by atoms with Crippen molar-refractivity contribution < 1.29 is 27.8 Å². The summed E-state index contributed by atoms with van der Waals surface area (Å²) in [6, 6.07) is 13.0. The molecule has 1 atom stereocenters. The number of benzene rings is 2. The first-order valence-electron chi connectivity index (χ1n) is 10.3. The molecule has 1 unspecified atom stereocenters. The van der Waals surface area contributed by atoms with Crippen LogP contribution in [0.4, 0.5) is 8.78 Å². The van der Waals surface area contributed by atoms with Crippen LogP contribution in [0.5, 0.6) is 11.5 Å². The molecule has 1 heterocycles. The van der Waals surface area contributed by atoms with Gasteiger partial charge in [-0.05, 0) is 37.1 Å². The average molecular weight is 467 g/mol. The standard InChI is InChI=1S/C23H25ClF2N2O4/c1-27(13-14-31-20-11-5-3-9-18(20)24)21(29)16-7-6-12-28(15-16)22(30)17-8-2-4-10-19(17)32-23(25)26/h2-5,8-11,16,23H,6-7,12-15H2,1H3. The summed E-state index contributed by atoms with van der Waals surface area (Å²) in [4.78, 5) is 28.9. The summed E-state index contributed by atoms with van der Waals surface area (Å²) in [6.07, 6.45) is 1.29. The van der Waals surface area contributed by atoms with Gasteiger partial charge in [-0.1, -0.05) is 35.9 Å². The lowest BCUT2D eigenvalue weighted by molar-refractivity contribution is -0.135. The second kappa shape index (κ2) is 11.1. The number of ether oxygens (including phenoxy) is 2. The van der Waals surface area contributed by atoms with Gasteiger partial charge in [-0.25, -0.2) is 0 Å². The number of hydrogen-bond donors (Lipinski definition) is 0. The summed E-state index contributed by atoms with van der Waals surface area (Å²) in [5, 5.41) is 0.499. The number of halogens is 3. The Balaban J connectivity index is 1.57. The zero-order valence-corrected chi connectivity index (χ0v) is 18.4. The van der Waals surface area contributed by atoms with E-state index in [2.05, 4.69) is 4.74 Å². The van der Waals surface area contributed by atoms with Crippen LogP contribution in [-0.4, -0.2) is 61.5 Å². The van der Waals surface area contributed by atoms with Gasteiger partial charge < -0.3 is 19.3 Å². The highest BCUT2D eigenvalue weighted by atomic mass is 35.5. The summed E-state index contributed by atoms with van der Waals surface area (Å²) in [5.74, 6) is -0.518. The first-order chi connectivity index (χ1) is 15.4. The van der Waals surface area contributed by atoms with Crippen molar-refractivity contribution in [2.45, 2.75) is 19.5 Å². The average Bonchev–Trinajstić information content (AvgIpc) is 2.79. The molecule has 0 saturated carbocycles. The van der Waals surface area contributed by atoms with E-state index >= 15 is 0 Å². The molecule has 0 N–H and O–H groups in total. The van der Waals surface area contributed by atoms with Gasteiger partial charge in [-0.3, -0.25) is 9.59 Å². The van der Waals surface area contributed by atoms with Gasteiger partial charge in [0.1, 0.15) is 18.1 Å². The van der Waals surface area contributed by atoms with Gasteiger partial charge in [0, 0.05) is 20.1 Å². The van der Waals surface area contributed by atoms with E-state index in [9.17, 15) is 18.4 Å². The third-order valence-corrected chi connectivity index (χ3v) is 5.60. The van der Waals surface area contributed by atoms with E-state index in [1.54, 1.807) is 36.2 Å². The minimum Gasteiger partial charge on any atom is -0.490 e. The highest BCUT2D eigenvalue weighted by Crippen LogP contribution is 2.26. The third-order valence-electron chi connectivity index (χ3n) is 5.29. The van der Waals surface area contributed by atoms with Gasteiger partial charge in [0.2, 0.25) is 5.91 Å². The van der Waals surface area contributed by atoms with E-state index < -0.39 is 12.5 Å². The molecule has 9 heteroatoms. The Morgan fingerprint density at radius 3 is 2.56 bits per heavy atom. The van der Waals surface area contributed by atoms with Crippen LogP contribution in [0.3, 0.4) is 0 Å². The molecule has 2 amide bonds. The van der Waals surface area contributed by atoms with Crippen molar-refractivity contribution in [3.8, 4) is 11.5 Å². The van der Waals surface area contributed by atoms with Gasteiger partial charge in [-0.2, -0.15) is 8.78 Å². The van der Waals surface area contributed by atoms with Crippen molar-refractivity contribution in [2.75, 3.05) is 33.3 Å². The quantitative estimate of drug-likeness (QED) is 0.581. The number of hydrogen-bond acceptors (Lipinski definition) is 4. The monoisotopic (exact) mass is 466 g/mol. The molecule has 1 aliphatic rings. The molecule has 1 aliphatic heterocycles. The molecule has 0 aliphatic carbocycles. The lowest BCUT2D eigenvalue weighted by Gasteiger charge is -2.34. The molecule has 0 radical (unpaired) electrons. The molecule has 0 aromatic heterocycles. The van der Waals surface area contributed by atoms with Gasteiger partial charge >= 0.3 is 6.61 Å². The molecular formula is C23H25ClF2N2O4. The highest BCUT2D eigenvalue weighted by molar-refractivity contribution is 6.32. The number of likely N-dealkylation sites (N-methyl/N-ethyl adjacent to an activating group) is 1. The topological polar surface area (TPSA) is 59.1 Å². The summed E-state index contributed by atoms with van der Waals surface area (Å²) in [6.45, 7) is -1.72. The van der Waals surface area contributed by atoms with Crippen LogP contribution in [0, 0.1) is 5.92 Å². The van der Waals surface area contributed by atoms with Crippen LogP contribution in [0.1, 0.15) is 23.2 Å². The van der Waals surface area contributed by atoms with Crippen LogP contribution in [0.2, 0.25) is 5.02 Å². The fourth-order valence-corrected chi connectivity index (χ4v) is 3.84. The Bertz CT molecular complexity index is 944. The summed E-state index contributed by atoms with van der Waals surface area (Å²) in [5.41, 5.74) is 0.0578. The normalized spacial score (nSPS) is 16.0. The van der Waals surface area contributed by atoms with Crippen molar-refractivity contribution in [1.29, 1.82) is 0 Å². The molecule has 1 fully saturated rings. The predicted molar refractivity (Wildman–Crippen MR) is 116 cm³/mol. The Morgan fingerprint density at radius 2 is 1.84 bits per heavy atom. The number of rotatable bonds is 8. The molecule has 2 aromatic carbocycles. The second-order valence-corrected chi connectivity index (χ2v) is 7.91. The Hall–Kier alpha value is -2.87. The highest BCUT2D eigenvalue weighted by Gasteiger charge is 2.31. The number of likely N-dealkylation sites (tertiary alicyclic amines) is 1. The Labute approximate surface area is 190 Å². The van der Waals surface area contributed by atoms with Crippen LogP contribution in [0.25, 0.3) is 0 Å². The molecule has 32 heavy (non-hydrogen) atoms. The molecule has 172 valence electrons. The number of para-hydroxylation sites is 2. The minimum atomic E-state index is -3.03. The van der Waals surface area contributed by atoms with Crippen molar-refractivity contribution in [3.63, 3.8) is 0 Å². The van der Waals surface area contributed by atoms with E-state index in [0.717, 1.165) is 0 Å². The lowest BCUT2D eigenvalue weighted by Crippen LogP contribution is -2.46.